The highest BCUT2D eigenvalue weighted by atomic mass is 16.5. The molecule has 34 heavy (non-hydrogen) atoms. The van der Waals surface area contributed by atoms with Crippen molar-refractivity contribution >= 4 is 17.7 Å². The van der Waals surface area contributed by atoms with Gasteiger partial charge >= 0.3 is 0 Å². The van der Waals surface area contributed by atoms with E-state index in [1.165, 1.54) is 4.90 Å². The number of β-amino-alcohol motifs (C(OH)–C–C–N with tert-alkyl or cyclic N) is 1. The summed E-state index contributed by atoms with van der Waals surface area (Å²) in [6.45, 7) is 4.44. The van der Waals surface area contributed by atoms with Crippen molar-refractivity contribution in [2.24, 2.45) is 5.92 Å². The van der Waals surface area contributed by atoms with Crippen LogP contribution in [0, 0.1) is 5.92 Å². The van der Waals surface area contributed by atoms with Gasteiger partial charge in [0.1, 0.15) is 17.9 Å². The van der Waals surface area contributed by atoms with E-state index in [2.05, 4.69) is 0 Å². The highest BCUT2D eigenvalue weighted by Gasteiger charge is 2.46. The first kappa shape index (κ1) is 23.9. The second-order valence-electron chi connectivity index (χ2n) is 9.18. The Labute approximate surface area is 199 Å². The molecule has 2 heterocycles. The van der Waals surface area contributed by atoms with Gasteiger partial charge in [0.05, 0.1) is 30.9 Å². The monoisotopic (exact) mass is 466 g/mol. The van der Waals surface area contributed by atoms with Crippen LogP contribution in [0.15, 0.2) is 48.5 Å². The molecule has 2 aliphatic rings. The maximum absolute atomic E-state index is 13.5. The zero-order valence-electron chi connectivity index (χ0n) is 19.6. The van der Waals surface area contributed by atoms with Gasteiger partial charge in [-0.1, -0.05) is 38.1 Å². The molecular formula is C26H30N2O6. The number of likely N-dealkylation sites (tertiary alicyclic amines) is 1. The van der Waals surface area contributed by atoms with E-state index in [1.54, 1.807) is 31.4 Å². The summed E-state index contributed by atoms with van der Waals surface area (Å²) in [6.07, 6.45) is -1.08. The summed E-state index contributed by atoms with van der Waals surface area (Å²) in [5.74, 6) is -0.435. The third-order valence-corrected chi connectivity index (χ3v) is 6.29. The fourth-order valence-electron chi connectivity index (χ4n) is 4.49. The van der Waals surface area contributed by atoms with E-state index in [9.17, 15) is 19.5 Å². The SMILES string of the molecule is COc1ccc(COC2CN(C(=O)[C@H](CC(C)C)N3C(=O)c4ccccc4C3=O)CC2O)cc1. The van der Waals surface area contributed by atoms with Crippen LogP contribution in [0.3, 0.4) is 0 Å². The number of ether oxygens (including phenoxy) is 2. The van der Waals surface area contributed by atoms with E-state index in [1.807, 2.05) is 38.1 Å². The molecule has 8 nitrogen and oxygen atoms in total. The molecule has 3 atom stereocenters. The molecule has 0 spiro atoms. The number of carbonyl (C=O) groups is 3. The molecule has 0 aromatic heterocycles. The summed E-state index contributed by atoms with van der Waals surface area (Å²) in [7, 11) is 1.60. The van der Waals surface area contributed by atoms with Crippen molar-refractivity contribution in [3.05, 3.63) is 65.2 Å². The van der Waals surface area contributed by atoms with Crippen LogP contribution >= 0.6 is 0 Å². The molecule has 0 aliphatic carbocycles. The van der Waals surface area contributed by atoms with E-state index < -0.39 is 30.1 Å². The Kier molecular flexibility index (Phi) is 7.00. The van der Waals surface area contributed by atoms with Gasteiger partial charge in [-0.05, 0) is 42.2 Å². The predicted molar refractivity (Wildman–Crippen MR) is 124 cm³/mol. The number of benzene rings is 2. The fraction of sp³-hybridized carbons (Fsp3) is 0.423. The van der Waals surface area contributed by atoms with Gasteiger partial charge in [-0.2, -0.15) is 0 Å². The summed E-state index contributed by atoms with van der Waals surface area (Å²) < 4.78 is 11.1. The van der Waals surface area contributed by atoms with Crippen LogP contribution in [0.25, 0.3) is 0 Å². The van der Waals surface area contributed by atoms with Gasteiger partial charge in [0.25, 0.3) is 11.8 Å². The molecule has 2 aliphatic heterocycles. The lowest BCUT2D eigenvalue weighted by Gasteiger charge is -2.30. The summed E-state index contributed by atoms with van der Waals surface area (Å²) in [4.78, 5) is 42.2. The minimum absolute atomic E-state index is 0.0768. The molecule has 0 radical (unpaired) electrons. The van der Waals surface area contributed by atoms with Gasteiger partial charge < -0.3 is 19.5 Å². The van der Waals surface area contributed by atoms with Crippen LogP contribution < -0.4 is 4.74 Å². The molecule has 8 heteroatoms. The lowest BCUT2D eigenvalue weighted by molar-refractivity contribution is -0.135. The number of carbonyl (C=O) groups excluding carboxylic acids is 3. The fourth-order valence-corrected chi connectivity index (χ4v) is 4.49. The average Bonchev–Trinajstić information content (AvgIpc) is 3.33. The Morgan fingerprint density at radius 2 is 1.65 bits per heavy atom. The van der Waals surface area contributed by atoms with Crippen LogP contribution in [-0.4, -0.2) is 71.1 Å². The van der Waals surface area contributed by atoms with Crippen LogP contribution in [0.5, 0.6) is 5.75 Å². The van der Waals surface area contributed by atoms with E-state index in [0.29, 0.717) is 17.5 Å². The second kappa shape index (κ2) is 9.95. The van der Waals surface area contributed by atoms with E-state index in [4.69, 9.17) is 9.47 Å². The number of fused-ring (bicyclic) bond motifs is 1. The number of rotatable bonds is 8. The van der Waals surface area contributed by atoms with Gasteiger partial charge in [0, 0.05) is 13.1 Å². The number of aliphatic hydroxyl groups excluding tert-OH is 1. The Bertz CT molecular complexity index is 1030. The normalized spacial score (nSPS) is 20.7. The number of aliphatic hydroxyl groups is 1. The van der Waals surface area contributed by atoms with Gasteiger partial charge in [-0.3, -0.25) is 19.3 Å². The Balaban J connectivity index is 1.46. The molecule has 1 N–H and O–H groups in total. The largest absolute Gasteiger partial charge is 0.497 e. The van der Waals surface area contributed by atoms with E-state index in [-0.39, 0.29) is 31.5 Å². The van der Waals surface area contributed by atoms with Gasteiger partial charge in [-0.25, -0.2) is 0 Å². The minimum atomic E-state index is -0.931. The Morgan fingerprint density at radius 3 is 2.21 bits per heavy atom. The van der Waals surface area contributed by atoms with Gasteiger partial charge in [0.2, 0.25) is 5.91 Å². The summed E-state index contributed by atoms with van der Waals surface area (Å²) in [5, 5.41) is 10.6. The molecule has 1 fully saturated rings. The Hall–Kier alpha value is -3.23. The number of imide groups is 1. The Morgan fingerprint density at radius 1 is 1.03 bits per heavy atom. The van der Waals surface area contributed by atoms with Crippen molar-refractivity contribution in [2.75, 3.05) is 20.2 Å². The zero-order valence-corrected chi connectivity index (χ0v) is 19.6. The predicted octanol–water partition coefficient (Wildman–Crippen LogP) is 2.49. The van der Waals surface area contributed by atoms with Gasteiger partial charge in [0.15, 0.2) is 0 Å². The number of hydrogen-bond donors (Lipinski definition) is 1. The maximum Gasteiger partial charge on any atom is 0.262 e. The summed E-state index contributed by atoms with van der Waals surface area (Å²) in [6, 6.07) is 13.1. The number of amides is 3. The molecule has 0 saturated carbocycles. The molecular weight excluding hydrogens is 436 g/mol. The van der Waals surface area contributed by atoms with Crippen LogP contribution in [0.2, 0.25) is 0 Å². The first-order chi connectivity index (χ1) is 16.3. The number of nitrogens with zero attached hydrogens (tertiary/aromatic N) is 2. The third-order valence-electron chi connectivity index (χ3n) is 6.29. The van der Waals surface area contributed by atoms with Crippen LogP contribution in [0.4, 0.5) is 0 Å². The molecule has 180 valence electrons. The van der Waals surface area contributed by atoms with Crippen molar-refractivity contribution < 1.29 is 29.0 Å². The minimum Gasteiger partial charge on any atom is -0.497 e. The lowest BCUT2D eigenvalue weighted by atomic mass is 10.0. The average molecular weight is 467 g/mol. The zero-order chi connectivity index (χ0) is 24.4. The second-order valence-corrected chi connectivity index (χ2v) is 9.18. The van der Waals surface area contributed by atoms with Crippen molar-refractivity contribution in [3.63, 3.8) is 0 Å². The van der Waals surface area contributed by atoms with Crippen molar-refractivity contribution in [1.82, 2.24) is 9.80 Å². The highest BCUT2D eigenvalue weighted by Crippen LogP contribution is 2.29. The van der Waals surface area contributed by atoms with Crippen LogP contribution in [-0.2, 0) is 16.1 Å². The topological polar surface area (TPSA) is 96.4 Å². The molecule has 0 bridgehead atoms. The number of methoxy groups -OCH3 is 1. The summed E-state index contributed by atoms with van der Waals surface area (Å²) in [5.41, 5.74) is 1.55. The molecule has 4 rings (SSSR count). The molecule has 2 aromatic rings. The highest BCUT2D eigenvalue weighted by molar-refractivity contribution is 6.22. The quantitative estimate of drug-likeness (QED) is 0.601. The molecule has 1 saturated heterocycles. The van der Waals surface area contributed by atoms with Crippen molar-refractivity contribution in [3.8, 4) is 5.75 Å². The molecule has 3 amide bonds. The smallest absolute Gasteiger partial charge is 0.262 e. The summed E-state index contributed by atoms with van der Waals surface area (Å²) >= 11 is 0. The maximum atomic E-state index is 13.5. The number of hydrogen-bond acceptors (Lipinski definition) is 6. The van der Waals surface area contributed by atoms with Crippen LogP contribution in [0.1, 0.15) is 46.5 Å². The van der Waals surface area contributed by atoms with E-state index in [0.717, 1.165) is 16.2 Å². The first-order valence-corrected chi connectivity index (χ1v) is 11.5. The van der Waals surface area contributed by atoms with Crippen molar-refractivity contribution in [2.45, 2.75) is 45.1 Å². The standard InChI is InChI=1S/C26H30N2O6/c1-16(2)12-21(28-24(30)19-6-4-5-7-20(19)25(28)31)26(32)27-13-22(29)23(14-27)34-15-17-8-10-18(33-3)11-9-17/h4-11,16,21-23,29H,12-15H2,1-3H3/t21-,22?,23?/m0/s1. The third kappa shape index (κ3) is 4.69. The molecule has 2 aromatic carbocycles. The first-order valence-electron chi connectivity index (χ1n) is 11.5. The molecule has 2 unspecified atom stereocenters. The van der Waals surface area contributed by atoms with Crippen molar-refractivity contribution in [1.29, 1.82) is 0 Å². The van der Waals surface area contributed by atoms with E-state index >= 15 is 0 Å². The van der Waals surface area contributed by atoms with Gasteiger partial charge in [-0.15, -0.1) is 0 Å². The lowest BCUT2D eigenvalue weighted by Crippen LogP contribution is -2.51.